The van der Waals surface area contributed by atoms with Crippen LogP contribution < -0.4 is 16.4 Å². The Morgan fingerprint density at radius 3 is 2.85 bits per heavy atom. The van der Waals surface area contributed by atoms with Crippen molar-refractivity contribution >= 4 is 11.9 Å². The summed E-state index contributed by atoms with van der Waals surface area (Å²) in [4.78, 5) is 23.3. The molecule has 0 aliphatic heterocycles. The van der Waals surface area contributed by atoms with Gasteiger partial charge in [-0.15, -0.1) is 5.10 Å². The number of amides is 3. The zero-order valence-electron chi connectivity index (χ0n) is 11.3. The van der Waals surface area contributed by atoms with Crippen molar-refractivity contribution in [1.29, 1.82) is 0 Å². The van der Waals surface area contributed by atoms with Gasteiger partial charge in [0.25, 0.3) is 0 Å². The molecule has 0 aromatic carbocycles. The van der Waals surface area contributed by atoms with E-state index in [9.17, 15) is 9.59 Å². The van der Waals surface area contributed by atoms with E-state index in [0.29, 0.717) is 13.0 Å². The van der Waals surface area contributed by atoms with Crippen LogP contribution in [0.25, 0.3) is 0 Å². The van der Waals surface area contributed by atoms with Crippen molar-refractivity contribution in [3.8, 4) is 0 Å². The third-order valence-corrected chi connectivity index (χ3v) is 3.24. The molecular weight excluding hydrogens is 260 g/mol. The predicted molar refractivity (Wildman–Crippen MR) is 71.7 cm³/mol. The molecule has 1 aromatic rings. The zero-order chi connectivity index (χ0) is 14.4. The normalized spacial score (nSPS) is 15.2. The average molecular weight is 280 g/mol. The Bertz CT molecular complexity index is 466. The molecule has 0 bridgehead atoms. The highest BCUT2D eigenvalue weighted by molar-refractivity contribution is 5.94. The molecule has 3 amide bonds. The molecule has 0 radical (unpaired) electrons. The van der Waals surface area contributed by atoms with Crippen molar-refractivity contribution in [2.75, 3.05) is 6.54 Å². The molecule has 1 aliphatic rings. The van der Waals surface area contributed by atoms with Crippen LogP contribution in [0.1, 0.15) is 31.4 Å². The summed E-state index contributed by atoms with van der Waals surface area (Å²) in [6, 6.07) is -0.255. The maximum atomic E-state index is 11.7. The van der Waals surface area contributed by atoms with Crippen LogP contribution in [0.15, 0.2) is 6.20 Å². The maximum absolute atomic E-state index is 11.7. The molecule has 1 aromatic heterocycles. The SMILES string of the molecule is NCCc1cn(CC(=O)NC(=O)NC2CCCC2)nn1. The van der Waals surface area contributed by atoms with Crippen LogP contribution in [0.5, 0.6) is 0 Å². The van der Waals surface area contributed by atoms with Gasteiger partial charge >= 0.3 is 6.03 Å². The summed E-state index contributed by atoms with van der Waals surface area (Å²) in [5.74, 6) is -0.412. The minimum absolute atomic E-state index is 0.0321. The zero-order valence-corrected chi connectivity index (χ0v) is 11.3. The molecule has 20 heavy (non-hydrogen) atoms. The smallest absolute Gasteiger partial charge is 0.321 e. The summed E-state index contributed by atoms with van der Waals surface area (Å²) in [6.45, 7) is 0.449. The number of carbonyl (C=O) groups is 2. The van der Waals surface area contributed by atoms with Crippen molar-refractivity contribution in [3.05, 3.63) is 11.9 Å². The van der Waals surface area contributed by atoms with E-state index in [0.717, 1.165) is 31.4 Å². The summed E-state index contributed by atoms with van der Waals surface area (Å²) in [7, 11) is 0. The van der Waals surface area contributed by atoms with E-state index in [4.69, 9.17) is 5.73 Å². The lowest BCUT2D eigenvalue weighted by Crippen LogP contribution is -2.44. The van der Waals surface area contributed by atoms with Gasteiger partial charge in [-0.1, -0.05) is 18.1 Å². The Kier molecular flexibility index (Phi) is 5.05. The first-order chi connectivity index (χ1) is 9.67. The highest BCUT2D eigenvalue weighted by Gasteiger charge is 2.18. The van der Waals surface area contributed by atoms with Crippen molar-refractivity contribution in [2.45, 2.75) is 44.7 Å². The first kappa shape index (κ1) is 14.4. The number of imide groups is 1. The molecule has 0 atom stereocenters. The van der Waals surface area contributed by atoms with Crippen LogP contribution >= 0.6 is 0 Å². The number of nitrogens with one attached hydrogen (secondary N) is 2. The molecule has 8 nitrogen and oxygen atoms in total. The van der Waals surface area contributed by atoms with E-state index in [2.05, 4.69) is 20.9 Å². The van der Waals surface area contributed by atoms with E-state index in [-0.39, 0.29) is 12.6 Å². The Hall–Kier alpha value is -1.96. The van der Waals surface area contributed by atoms with Gasteiger partial charge in [-0.3, -0.25) is 10.1 Å². The molecule has 4 N–H and O–H groups in total. The Labute approximate surface area is 117 Å². The fourth-order valence-corrected chi connectivity index (χ4v) is 2.28. The van der Waals surface area contributed by atoms with Crippen LogP contribution in [0.3, 0.4) is 0 Å². The van der Waals surface area contributed by atoms with Crippen LogP contribution in [0, 0.1) is 0 Å². The molecule has 1 aliphatic carbocycles. The fourth-order valence-electron chi connectivity index (χ4n) is 2.28. The molecule has 1 saturated carbocycles. The first-order valence-corrected chi connectivity index (χ1v) is 6.87. The summed E-state index contributed by atoms with van der Waals surface area (Å²) < 4.78 is 1.39. The van der Waals surface area contributed by atoms with Gasteiger partial charge in [-0.05, 0) is 19.4 Å². The Morgan fingerprint density at radius 2 is 2.15 bits per heavy atom. The van der Waals surface area contributed by atoms with E-state index < -0.39 is 11.9 Å². The molecule has 110 valence electrons. The number of nitrogens with zero attached hydrogens (tertiary/aromatic N) is 3. The quantitative estimate of drug-likeness (QED) is 0.675. The summed E-state index contributed by atoms with van der Waals surface area (Å²) in [5.41, 5.74) is 6.14. The van der Waals surface area contributed by atoms with Crippen LogP contribution in [0.4, 0.5) is 4.79 Å². The van der Waals surface area contributed by atoms with Gasteiger partial charge in [-0.25, -0.2) is 9.48 Å². The second-order valence-electron chi connectivity index (χ2n) is 4.95. The van der Waals surface area contributed by atoms with E-state index in [1.54, 1.807) is 6.20 Å². The van der Waals surface area contributed by atoms with Crippen molar-refractivity contribution in [2.24, 2.45) is 5.73 Å². The van der Waals surface area contributed by atoms with Crippen LogP contribution in [-0.2, 0) is 17.8 Å². The van der Waals surface area contributed by atoms with Crippen molar-refractivity contribution in [1.82, 2.24) is 25.6 Å². The van der Waals surface area contributed by atoms with E-state index in [1.165, 1.54) is 4.68 Å². The molecule has 0 spiro atoms. The van der Waals surface area contributed by atoms with Gasteiger partial charge in [-0.2, -0.15) is 0 Å². The van der Waals surface area contributed by atoms with Gasteiger partial charge in [0.1, 0.15) is 6.54 Å². The number of aromatic nitrogens is 3. The number of rotatable bonds is 5. The largest absolute Gasteiger partial charge is 0.335 e. The number of carbonyl (C=O) groups excluding carboxylic acids is 2. The lowest BCUT2D eigenvalue weighted by molar-refractivity contribution is -0.120. The van der Waals surface area contributed by atoms with E-state index >= 15 is 0 Å². The summed E-state index contributed by atoms with van der Waals surface area (Å²) in [6.07, 6.45) is 6.48. The average Bonchev–Trinajstić information content (AvgIpc) is 3.01. The molecular formula is C12H20N6O2. The van der Waals surface area contributed by atoms with E-state index in [1.807, 2.05) is 0 Å². The predicted octanol–water partition coefficient (Wildman–Crippen LogP) is -0.452. The molecule has 1 fully saturated rings. The van der Waals surface area contributed by atoms with Gasteiger partial charge < -0.3 is 11.1 Å². The minimum Gasteiger partial charge on any atom is -0.335 e. The van der Waals surface area contributed by atoms with Gasteiger partial charge in [0.05, 0.1) is 5.69 Å². The highest BCUT2D eigenvalue weighted by Crippen LogP contribution is 2.17. The third kappa shape index (κ3) is 4.30. The minimum atomic E-state index is -0.441. The van der Waals surface area contributed by atoms with Gasteiger partial charge in [0.2, 0.25) is 5.91 Å². The lowest BCUT2D eigenvalue weighted by atomic mass is 10.2. The Balaban J connectivity index is 1.74. The number of hydrogen-bond acceptors (Lipinski definition) is 5. The van der Waals surface area contributed by atoms with Crippen LogP contribution in [0.2, 0.25) is 0 Å². The number of nitrogens with two attached hydrogens (primary N) is 1. The second-order valence-corrected chi connectivity index (χ2v) is 4.95. The fraction of sp³-hybridized carbons (Fsp3) is 0.667. The van der Waals surface area contributed by atoms with Gasteiger partial charge in [0, 0.05) is 18.7 Å². The van der Waals surface area contributed by atoms with Gasteiger partial charge in [0.15, 0.2) is 0 Å². The molecule has 8 heteroatoms. The monoisotopic (exact) mass is 280 g/mol. The maximum Gasteiger partial charge on any atom is 0.321 e. The molecule has 0 saturated heterocycles. The number of hydrogen-bond donors (Lipinski definition) is 3. The standard InChI is InChI=1S/C12H20N6O2/c13-6-5-10-7-18(17-16-10)8-11(19)15-12(20)14-9-3-1-2-4-9/h7,9H,1-6,8,13H2,(H2,14,15,19,20). The Morgan fingerprint density at radius 1 is 1.40 bits per heavy atom. The first-order valence-electron chi connectivity index (χ1n) is 6.87. The van der Waals surface area contributed by atoms with Crippen molar-refractivity contribution in [3.63, 3.8) is 0 Å². The lowest BCUT2D eigenvalue weighted by Gasteiger charge is -2.11. The highest BCUT2D eigenvalue weighted by atomic mass is 16.2. The summed E-state index contributed by atoms with van der Waals surface area (Å²) >= 11 is 0. The third-order valence-electron chi connectivity index (χ3n) is 3.24. The summed E-state index contributed by atoms with van der Waals surface area (Å²) in [5, 5.41) is 12.8. The van der Waals surface area contributed by atoms with Crippen LogP contribution in [-0.4, -0.2) is 39.5 Å². The number of urea groups is 1. The van der Waals surface area contributed by atoms with Crippen molar-refractivity contribution < 1.29 is 9.59 Å². The molecule has 0 unspecified atom stereocenters. The molecule has 2 rings (SSSR count). The topological polar surface area (TPSA) is 115 Å². The second kappa shape index (κ2) is 6.99. The molecule has 1 heterocycles.